The van der Waals surface area contributed by atoms with E-state index in [9.17, 15) is 20.4 Å². The van der Waals surface area contributed by atoms with Gasteiger partial charge < -0.3 is 30.1 Å². The van der Waals surface area contributed by atoms with E-state index >= 15 is 0 Å². The minimum atomic E-state index is -1.43. The van der Waals surface area contributed by atoms with E-state index in [-0.39, 0.29) is 0 Å². The fourth-order valence-corrected chi connectivity index (χ4v) is 4.09. The summed E-state index contributed by atoms with van der Waals surface area (Å²) in [5.74, 6) is 1.09. The maximum Gasteiger partial charge on any atom is 0.162 e. The van der Waals surface area contributed by atoms with Gasteiger partial charge in [0.25, 0.3) is 0 Å². The molecular weight excluding hydrogens is 447 g/mol. The number of hydroxylamine groups is 2. The van der Waals surface area contributed by atoms with Crippen molar-refractivity contribution in [2.75, 3.05) is 50.0 Å². The molecule has 0 aliphatic carbocycles. The molecule has 0 amide bonds. The molecule has 0 radical (unpaired) electrons. The van der Waals surface area contributed by atoms with Crippen LogP contribution in [0.2, 0.25) is 0 Å². The van der Waals surface area contributed by atoms with Crippen LogP contribution < -0.4 is 4.90 Å². The number of aliphatic hydroxyl groups excluding tert-OH is 4. The highest BCUT2D eigenvalue weighted by Crippen LogP contribution is 2.24. The zero-order valence-electron chi connectivity index (χ0n) is 17.8. The van der Waals surface area contributed by atoms with Crippen LogP contribution in [0.3, 0.4) is 0 Å². The summed E-state index contributed by atoms with van der Waals surface area (Å²) in [6.45, 7) is 1.48. The first kappa shape index (κ1) is 26.6. The predicted octanol–water partition coefficient (Wildman–Crippen LogP) is 0.957. The molecule has 10 heteroatoms. The molecule has 0 spiro atoms. The standard InChI is InChI=1S/C21H34Cl2N2O6/c1-30-25(21-20(29)19(28)18(27)17(14-26)31-21)11-3-2-4-15-5-7-16(8-6-15)24(12-9-22)13-10-23/h5-8,17-21,26-29H,2-4,9-14H2,1H3/t17-,18-,19+,20+,21?/m0/s1. The van der Waals surface area contributed by atoms with Crippen LogP contribution in [0.15, 0.2) is 24.3 Å². The third kappa shape index (κ3) is 7.42. The van der Waals surface area contributed by atoms with E-state index in [0.29, 0.717) is 18.3 Å². The van der Waals surface area contributed by atoms with Crippen molar-refractivity contribution in [2.24, 2.45) is 0 Å². The molecule has 1 aliphatic heterocycles. The third-order valence-electron chi connectivity index (χ3n) is 5.49. The van der Waals surface area contributed by atoms with E-state index in [1.54, 1.807) is 0 Å². The van der Waals surface area contributed by atoms with E-state index in [0.717, 1.165) is 38.0 Å². The highest BCUT2D eigenvalue weighted by molar-refractivity contribution is 6.18. The molecule has 0 aromatic heterocycles. The second-order valence-corrected chi connectivity index (χ2v) is 8.29. The Morgan fingerprint density at radius 2 is 1.58 bits per heavy atom. The Morgan fingerprint density at radius 3 is 2.13 bits per heavy atom. The zero-order valence-corrected chi connectivity index (χ0v) is 19.3. The van der Waals surface area contributed by atoms with Gasteiger partial charge in [0.05, 0.1) is 13.7 Å². The summed E-state index contributed by atoms with van der Waals surface area (Å²) in [7, 11) is 1.45. The second kappa shape index (κ2) is 13.8. The lowest BCUT2D eigenvalue weighted by Crippen LogP contribution is -2.63. The molecule has 5 atom stereocenters. The number of hydrogen-bond donors (Lipinski definition) is 4. The van der Waals surface area contributed by atoms with Crippen molar-refractivity contribution in [3.8, 4) is 0 Å². The fourth-order valence-electron chi connectivity index (χ4n) is 3.69. The summed E-state index contributed by atoms with van der Waals surface area (Å²) in [5.41, 5.74) is 2.30. The van der Waals surface area contributed by atoms with Gasteiger partial charge in [-0.2, -0.15) is 5.06 Å². The molecule has 8 nitrogen and oxygen atoms in total. The first-order valence-electron chi connectivity index (χ1n) is 10.5. The quantitative estimate of drug-likeness (QED) is 0.188. The lowest BCUT2D eigenvalue weighted by atomic mass is 9.98. The Hall–Kier alpha value is -0.680. The second-order valence-electron chi connectivity index (χ2n) is 7.53. The summed E-state index contributed by atoms with van der Waals surface area (Å²) in [4.78, 5) is 7.48. The first-order chi connectivity index (χ1) is 15.0. The molecule has 0 saturated carbocycles. The highest BCUT2D eigenvalue weighted by atomic mass is 35.5. The van der Waals surface area contributed by atoms with E-state index in [1.165, 1.54) is 17.7 Å². The number of anilines is 1. The van der Waals surface area contributed by atoms with Gasteiger partial charge in [0.1, 0.15) is 24.4 Å². The van der Waals surface area contributed by atoms with E-state index in [4.69, 9.17) is 32.8 Å². The van der Waals surface area contributed by atoms with Crippen molar-refractivity contribution in [2.45, 2.75) is 49.9 Å². The average Bonchev–Trinajstić information content (AvgIpc) is 2.79. The maximum atomic E-state index is 10.2. The molecule has 178 valence electrons. The Balaban J connectivity index is 1.84. The molecule has 1 heterocycles. The topological polar surface area (TPSA) is 106 Å². The van der Waals surface area contributed by atoms with E-state index < -0.39 is 37.3 Å². The van der Waals surface area contributed by atoms with Crippen molar-refractivity contribution in [1.82, 2.24) is 5.06 Å². The van der Waals surface area contributed by atoms with Crippen molar-refractivity contribution < 1.29 is 30.0 Å². The molecule has 0 bridgehead atoms. The van der Waals surface area contributed by atoms with Crippen LogP contribution in [0.1, 0.15) is 18.4 Å². The van der Waals surface area contributed by atoms with E-state index in [2.05, 4.69) is 29.2 Å². The van der Waals surface area contributed by atoms with Crippen LogP contribution >= 0.6 is 23.2 Å². The number of benzene rings is 1. The third-order valence-corrected chi connectivity index (χ3v) is 5.83. The molecular formula is C21H34Cl2N2O6. The molecule has 31 heavy (non-hydrogen) atoms. The SMILES string of the molecule is CON(CCCCc1ccc(N(CCCl)CCCl)cc1)C1O[C@@H](CO)[C@H](O)[C@@H](O)[C@H]1O. The summed E-state index contributed by atoms with van der Waals surface area (Å²) >= 11 is 11.7. The Bertz CT molecular complexity index is 618. The number of hydrogen-bond acceptors (Lipinski definition) is 8. The van der Waals surface area contributed by atoms with E-state index in [1.807, 2.05) is 0 Å². The number of rotatable bonds is 13. The molecule has 1 unspecified atom stereocenters. The zero-order chi connectivity index (χ0) is 22.8. The van der Waals surface area contributed by atoms with Gasteiger partial charge >= 0.3 is 0 Å². The van der Waals surface area contributed by atoms with Crippen molar-refractivity contribution in [3.63, 3.8) is 0 Å². The average molecular weight is 481 g/mol. The van der Waals surface area contributed by atoms with Gasteiger partial charge in [0.15, 0.2) is 6.23 Å². The van der Waals surface area contributed by atoms with Crippen molar-refractivity contribution >= 4 is 28.9 Å². The van der Waals surface area contributed by atoms with Crippen LogP contribution in [0.25, 0.3) is 0 Å². The van der Waals surface area contributed by atoms with Gasteiger partial charge in [-0.1, -0.05) is 12.1 Å². The molecule has 2 rings (SSSR count). The van der Waals surface area contributed by atoms with Crippen molar-refractivity contribution in [1.29, 1.82) is 0 Å². The van der Waals surface area contributed by atoms with Gasteiger partial charge in [-0.05, 0) is 37.0 Å². The van der Waals surface area contributed by atoms with Crippen LogP contribution in [0.4, 0.5) is 5.69 Å². The van der Waals surface area contributed by atoms with Gasteiger partial charge in [-0.15, -0.1) is 23.2 Å². The Morgan fingerprint density at radius 1 is 0.935 bits per heavy atom. The number of alkyl halides is 2. The largest absolute Gasteiger partial charge is 0.394 e. The summed E-state index contributed by atoms with van der Waals surface area (Å²) < 4.78 is 5.54. The Kier molecular flexibility index (Phi) is 11.8. The molecule has 1 aliphatic rings. The number of ether oxygens (including phenoxy) is 1. The maximum absolute atomic E-state index is 10.2. The van der Waals surface area contributed by atoms with Crippen LogP contribution in [-0.4, -0.2) is 101 Å². The minimum absolute atomic E-state index is 0.455. The lowest BCUT2D eigenvalue weighted by molar-refractivity contribution is -0.328. The van der Waals surface area contributed by atoms with Gasteiger partial charge in [0.2, 0.25) is 0 Å². The normalized spacial score (nSPS) is 26.4. The lowest BCUT2D eigenvalue weighted by Gasteiger charge is -2.43. The van der Waals surface area contributed by atoms with Crippen LogP contribution in [0.5, 0.6) is 0 Å². The summed E-state index contributed by atoms with van der Waals surface area (Å²) in [5, 5.41) is 40.9. The van der Waals surface area contributed by atoms with Gasteiger partial charge in [0, 0.05) is 37.1 Å². The molecule has 1 saturated heterocycles. The first-order valence-corrected chi connectivity index (χ1v) is 11.6. The van der Waals surface area contributed by atoms with Crippen LogP contribution in [-0.2, 0) is 16.0 Å². The smallest absolute Gasteiger partial charge is 0.162 e. The number of nitrogens with zero attached hydrogens (tertiary/aromatic N) is 2. The summed E-state index contributed by atoms with van der Waals surface area (Å²) in [6.07, 6.45) is -3.59. The predicted molar refractivity (Wildman–Crippen MR) is 121 cm³/mol. The summed E-state index contributed by atoms with van der Waals surface area (Å²) in [6, 6.07) is 8.33. The minimum Gasteiger partial charge on any atom is -0.394 e. The molecule has 1 aromatic rings. The van der Waals surface area contributed by atoms with Crippen LogP contribution in [0, 0.1) is 0 Å². The highest BCUT2D eigenvalue weighted by Gasteiger charge is 2.45. The molecule has 1 fully saturated rings. The fraction of sp³-hybridized carbons (Fsp3) is 0.714. The molecule has 4 N–H and O–H groups in total. The van der Waals surface area contributed by atoms with Gasteiger partial charge in [-0.25, -0.2) is 0 Å². The van der Waals surface area contributed by atoms with Gasteiger partial charge in [-0.3, -0.25) is 4.84 Å². The molecule has 1 aromatic carbocycles. The number of unbranched alkanes of at least 4 members (excludes halogenated alkanes) is 1. The number of aryl methyl sites for hydroxylation is 1. The van der Waals surface area contributed by atoms with Crippen molar-refractivity contribution in [3.05, 3.63) is 29.8 Å². The number of aliphatic hydroxyl groups is 4. The number of halogens is 2. The monoisotopic (exact) mass is 480 g/mol. The Labute approximate surface area is 193 Å².